The van der Waals surface area contributed by atoms with Gasteiger partial charge >= 0.3 is 7.12 Å². The zero-order chi connectivity index (χ0) is 25.5. The number of aryl methyl sites for hydroxylation is 1. The number of benzene rings is 1. The molecule has 2 atom stereocenters. The number of ketones is 1. The largest absolute Gasteiger partial charge is 0.475 e. The fraction of sp³-hybridized carbons (Fsp3) is 0.654. The van der Waals surface area contributed by atoms with E-state index in [1.807, 2.05) is 26.0 Å². The molecule has 1 rings (SSSR count). The molecule has 0 radical (unpaired) electrons. The Labute approximate surface area is 205 Å². The van der Waals surface area contributed by atoms with E-state index in [1.54, 1.807) is 12.1 Å². The number of hydrogen-bond donors (Lipinski definition) is 4. The number of Topliss-reactive ketones (excluding diaryl/α,β-unsaturated/α-hetero) is 1. The van der Waals surface area contributed by atoms with Gasteiger partial charge in [0.1, 0.15) is 0 Å². The predicted octanol–water partition coefficient (Wildman–Crippen LogP) is 3.46. The lowest BCUT2D eigenvalue weighted by Gasteiger charge is -2.23. The van der Waals surface area contributed by atoms with Gasteiger partial charge in [-0.3, -0.25) is 14.4 Å². The molecule has 0 spiro atoms. The summed E-state index contributed by atoms with van der Waals surface area (Å²) < 4.78 is 0. The Morgan fingerprint density at radius 2 is 1.62 bits per heavy atom. The number of amides is 2. The van der Waals surface area contributed by atoms with E-state index in [9.17, 15) is 24.4 Å². The molecule has 0 saturated heterocycles. The third kappa shape index (κ3) is 11.8. The summed E-state index contributed by atoms with van der Waals surface area (Å²) in [5.41, 5.74) is 1.69. The van der Waals surface area contributed by atoms with Crippen LogP contribution in [0.4, 0.5) is 0 Å². The minimum Gasteiger partial charge on any atom is -0.426 e. The molecule has 4 N–H and O–H groups in total. The lowest BCUT2D eigenvalue weighted by Crippen LogP contribution is -2.50. The molecular weight excluding hydrogens is 431 g/mol. The minimum atomic E-state index is -1.71. The van der Waals surface area contributed by atoms with E-state index in [1.165, 1.54) is 5.56 Å². The van der Waals surface area contributed by atoms with Crippen LogP contribution >= 0.6 is 0 Å². The third-order valence-corrected chi connectivity index (χ3v) is 5.86. The summed E-state index contributed by atoms with van der Waals surface area (Å²) in [6.07, 6.45) is 6.55. The highest BCUT2D eigenvalue weighted by atomic mass is 16.4. The van der Waals surface area contributed by atoms with Crippen molar-refractivity contribution in [1.82, 2.24) is 10.6 Å². The van der Waals surface area contributed by atoms with Crippen molar-refractivity contribution >= 4 is 24.7 Å². The minimum absolute atomic E-state index is 0.0209. The van der Waals surface area contributed by atoms with Crippen LogP contribution in [-0.2, 0) is 16.0 Å². The topological polar surface area (TPSA) is 116 Å². The summed E-state index contributed by atoms with van der Waals surface area (Å²) in [4.78, 5) is 38.2. The van der Waals surface area contributed by atoms with Crippen LogP contribution in [0.15, 0.2) is 24.3 Å². The van der Waals surface area contributed by atoms with Crippen molar-refractivity contribution in [2.24, 2.45) is 11.8 Å². The molecule has 190 valence electrons. The molecule has 0 heterocycles. The SMILES string of the molecule is CCCCCC(=O)NC[C@H](CC(=O)c1ccc(CCCC)cc1)C(=O)N[C@@H](CC(C)C)B(O)O. The Morgan fingerprint density at radius 3 is 2.18 bits per heavy atom. The summed E-state index contributed by atoms with van der Waals surface area (Å²) >= 11 is 0. The first kappa shape index (κ1) is 29.8. The highest BCUT2D eigenvalue weighted by Crippen LogP contribution is 2.15. The maximum Gasteiger partial charge on any atom is 0.475 e. The van der Waals surface area contributed by atoms with E-state index in [0.717, 1.165) is 38.5 Å². The molecule has 2 amide bonds. The first-order valence-corrected chi connectivity index (χ1v) is 12.7. The number of unbranched alkanes of at least 4 members (excludes halogenated alkanes) is 3. The van der Waals surface area contributed by atoms with Crippen molar-refractivity contribution < 1.29 is 24.4 Å². The lowest BCUT2D eigenvalue weighted by atomic mass is 9.74. The van der Waals surface area contributed by atoms with E-state index >= 15 is 0 Å². The molecule has 34 heavy (non-hydrogen) atoms. The molecule has 0 saturated carbocycles. The molecule has 8 heteroatoms. The number of nitrogens with one attached hydrogen (secondary N) is 2. The van der Waals surface area contributed by atoms with E-state index < -0.39 is 24.9 Å². The number of rotatable bonds is 17. The average molecular weight is 474 g/mol. The molecule has 1 aromatic carbocycles. The molecule has 0 aliphatic carbocycles. The fourth-order valence-corrected chi connectivity index (χ4v) is 3.76. The summed E-state index contributed by atoms with van der Waals surface area (Å²) in [6.45, 7) is 8.05. The Kier molecular flexibility index (Phi) is 14.4. The average Bonchev–Trinajstić information content (AvgIpc) is 2.79. The summed E-state index contributed by atoms with van der Waals surface area (Å²) in [7, 11) is -1.71. The number of carbonyl (C=O) groups is 3. The Hall–Kier alpha value is -2.19. The first-order valence-electron chi connectivity index (χ1n) is 12.7. The molecule has 0 aliphatic heterocycles. The van der Waals surface area contributed by atoms with Crippen LogP contribution < -0.4 is 10.6 Å². The van der Waals surface area contributed by atoms with Crippen molar-refractivity contribution in [1.29, 1.82) is 0 Å². The van der Waals surface area contributed by atoms with Gasteiger partial charge in [0.15, 0.2) is 5.78 Å². The predicted molar refractivity (Wildman–Crippen MR) is 136 cm³/mol. The second kappa shape index (κ2) is 16.4. The van der Waals surface area contributed by atoms with Crippen LogP contribution in [0, 0.1) is 11.8 Å². The second-order valence-electron chi connectivity index (χ2n) is 9.54. The second-order valence-corrected chi connectivity index (χ2v) is 9.54. The zero-order valence-corrected chi connectivity index (χ0v) is 21.3. The van der Waals surface area contributed by atoms with Gasteiger partial charge in [-0.05, 0) is 37.2 Å². The lowest BCUT2D eigenvalue weighted by molar-refractivity contribution is -0.126. The van der Waals surface area contributed by atoms with Crippen LogP contribution in [0.1, 0.15) is 95.0 Å². The van der Waals surface area contributed by atoms with Gasteiger partial charge in [-0.1, -0.05) is 71.2 Å². The van der Waals surface area contributed by atoms with Crippen LogP contribution in [0.2, 0.25) is 0 Å². The first-order chi connectivity index (χ1) is 16.2. The Balaban J connectivity index is 2.89. The fourth-order valence-electron chi connectivity index (χ4n) is 3.76. The van der Waals surface area contributed by atoms with Gasteiger partial charge in [-0.15, -0.1) is 0 Å². The molecule has 1 aromatic rings. The van der Waals surface area contributed by atoms with Gasteiger partial charge in [0.25, 0.3) is 0 Å². The molecule has 0 aliphatic rings. The van der Waals surface area contributed by atoms with Crippen molar-refractivity contribution in [3.8, 4) is 0 Å². The van der Waals surface area contributed by atoms with E-state index in [-0.39, 0.29) is 30.6 Å². The maximum absolute atomic E-state index is 13.0. The molecule has 0 unspecified atom stereocenters. The Morgan fingerprint density at radius 1 is 0.971 bits per heavy atom. The molecular formula is C26H43BN2O5. The summed E-state index contributed by atoms with van der Waals surface area (Å²) in [6, 6.07) is 7.44. The van der Waals surface area contributed by atoms with E-state index in [0.29, 0.717) is 18.4 Å². The molecule has 0 bridgehead atoms. The highest BCUT2D eigenvalue weighted by Gasteiger charge is 2.30. The monoisotopic (exact) mass is 474 g/mol. The van der Waals surface area contributed by atoms with Crippen molar-refractivity contribution in [2.45, 2.75) is 91.4 Å². The van der Waals surface area contributed by atoms with Gasteiger partial charge in [-0.25, -0.2) is 0 Å². The third-order valence-electron chi connectivity index (χ3n) is 5.86. The smallest absolute Gasteiger partial charge is 0.426 e. The summed E-state index contributed by atoms with van der Waals surface area (Å²) in [5, 5.41) is 24.8. The van der Waals surface area contributed by atoms with Crippen LogP contribution in [0.3, 0.4) is 0 Å². The normalized spacial score (nSPS) is 12.8. The van der Waals surface area contributed by atoms with Crippen LogP contribution in [-0.4, -0.2) is 47.2 Å². The number of carbonyl (C=O) groups excluding carboxylic acids is 3. The van der Waals surface area contributed by atoms with Crippen molar-refractivity contribution in [3.05, 3.63) is 35.4 Å². The van der Waals surface area contributed by atoms with E-state index in [2.05, 4.69) is 24.5 Å². The van der Waals surface area contributed by atoms with Crippen LogP contribution in [0.5, 0.6) is 0 Å². The van der Waals surface area contributed by atoms with Crippen molar-refractivity contribution in [2.75, 3.05) is 6.54 Å². The van der Waals surface area contributed by atoms with Crippen LogP contribution in [0.25, 0.3) is 0 Å². The van der Waals surface area contributed by atoms with Gasteiger partial charge in [0, 0.05) is 24.9 Å². The number of hydrogen-bond acceptors (Lipinski definition) is 5. The van der Waals surface area contributed by atoms with Gasteiger partial charge in [-0.2, -0.15) is 0 Å². The summed E-state index contributed by atoms with van der Waals surface area (Å²) in [5.74, 6) is -2.33. The quantitative estimate of drug-likeness (QED) is 0.157. The van der Waals surface area contributed by atoms with Crippen molar-refractivity contribution in [3.63, 3.8) is 0 Å². The maximum atomic E-state index is 13.0. The standard InChI is InChI=1S/C26H43BN2O5/c1-5-7-9-11-25(31)28-18-22(26(32)29-24(27(33)34)16-19(3)4)17-23(30)21-14-12-20(13-15-21)10-8-6-2/h12-15,19,22,24,33-34H,5-11,16-18H2,1-4H3,(H,28,31)(H,29,32)/t22-,24-/m0/s1. The highest BCUT2D eigenvalue weighted by molar-refractivity contribution is 6.43. The van der Waals surface area contributed by atoms with Gasteiger partial charge in [0.2, 0.25) is 11.8 Å². The zero-order valence-electron chi connectivity index (χ0n) is 21.3. The Bertz CT molecular complexity index is 752. The molecule has 0 fully saturated rings. The molecule has 7 nitrogen and oxygen atoms in total. The van der Waals surface area contributed by atoms with E-state index in [4.69, 9.17) is 0 Å². The molecule has 0 aromatic heterocycles. The van der Waals surface area contributed by atoms with Gasteiger partial charge in [0.05, 0.1) is 11.9 Å². The van der Waals surface area contributed by atoms with Gasteiger partial charge < -0.3 is 20.7 Å².